The first-order valence-electron chi connectivity index (χ1n) is 6.79. The lowest BCUT2D eigenvalue weighted by molar-refractivity contribution is 0.707. The second-order valence-electron chi connectivity index (χ2n) is 4.46. The van der Waals surface area contributed by atoms with Crippen LogP contribution in [-0.2, 0) is 19.5 Å². The van der Waals surface area contributed by atoms with Crippen LogP contribution < -0.4 is 5.32 Å². The summed E-state index contributed by atoms with van der Waals surface area (Å²) < 4.78 is 2.12. The predicted molar refractivity (Wildman–Crippen MR) is 82.0 cm³/mol. The summed E-state index contributed by atoms with van der Waals surface area (Å²) in [5.74, 6) is 2.80. The maximum atomic E-state index is 4.59. The number of thiophene rings is 1. The van der Waals surface area contributed by atoms with Crippen LogP contribution in [0, 0.1) is 0 Å². The number of nitrogens with zero attached hydrogens (tertiary/aromatic N) is 4. The van der Waals surface area contributed by atoms with Gasteiger partial charge in [0, 0.05) is 25.4 Å². The molecular formula is C14H17N5S. The van der Waals surface area contributed by atoms with E-state index in [1.54, 1.807) is 11.3 Å². The summed E-state index contributed by atoms with van der Waals surface area (Å²) in [5, 5.41) is 6.54. The molecule has 6 heteroatoms. The second kappa shape index (κ2) is 5.58. The topological polar surface area (TPSA) is 55.6 Å². The van der Waals surface area contributed by atoms with Crippen LogP contribution in [-0.4, -0.2) is 19.5 Å². The number of nitrogens with one attached hydrogen (secondary N) is 1. The Labute approximate surface area is 121 Å². The van der Waals surface area contributed by atoms with Gasteiger partial charge in [-0.25, -0.2) is 15.0 Å². The number of rotatable bonds is 5. The van der Waals surface area contributed by atoms with E-state index in [0.717, 1.165) is 40.6 Å². The van der Waals surface area contributed by atoms with Gasteiger partial charge in [0.1, 0.15) is 22.3 Å². The molecule has 20 heavy (non-hydrogen) atoms. The quantitative estimate of drug-likeness (QED) is 0.783. The van der Waals surface area contributed by atoms with Crippen molar-refractivity contribution in [3.63, 3.8) is 0 Å². The molecule has 1 N–H and O–H groups in total. The molecule has 0 aliphatic carbocycles. The molecular weight excluding hydrogens is 270 g/mol. The van der Waals surface area contributed by atoms with E-state index < -0.39 is 0 Å². The molecule has 0 amide bonds. The predicted octanol–water partition coefficient (Wildman–Crippen LogP) is 3.08. The zero-order chi connectivity index (χ0) is 13.9. The van der Waals surface area contributed by atoms with Gasteiger partial charge in [-0.2, -0.15) is 0 Å². The van der Waals surface area contributed by atoms with Crippen molar-refractivity contribution in [3.8, 4) is 0 Å². The van der Waals surface area contributed by atoms with Crippen LogP contribution in [0.2, 0.25) is 0 Å². The summed E-state index contributed by atoms with van der Waals surface area (Å²) in [6, 6.07) is 2.06. The van der Waals surface area contributed by atoms with Crippen LogP contribution >= 0.6 is 11.3 Å². The highest BCUT2D eigenvalue weighted by molar-refractivity contribution is 7.16. The van der Waals surface area contributed by atoms with E-state index in [2.05, 4.69) is 50.1 Å². The molecule has 0 saturated heterocycles. The van der Waals surface area contributed by atoms with E-state index in [0.29, 0.717) is 6.54 Å². The van der Waals surface area contributed by atoms with Crippen molar-refractivity contribution in [1.29, 1.82) is 0 Å². The Morgan fingerprint density at radius 2 is 2.20 bits per heavy atom. The zero-order valence-electron chi connectivity index (χ0n) is 11.6. The summed E-state index contributed by atoms with van der Waals surface area (Å²) in [7, 11) is 0. The van der Waals surface area contributed by atoms with Crippen LogP contribution in [0.25, 0.3) is 10.2 Å². The van der Waals surface area contributed by atoms with Gasteiger partial charge in [0.15, 0.2) is 0 Å². The minimum Gasteiger partial charge on any atom is -0.362 e. The van der Waals surface area contributed by atoms with Gasteiger partial charge in [-0.05, 0) is 18.4 Å². The Morgan fingerprint density at radius 3 is 3.00 bits per heavy atom. The molecule has 3 aromatic heterocycles. The van der Waals surface area contributed by atoms with Crippen LogP contribution in [0.1, 0.15) is 25.5 Å². The van der Waals surface area contributed by atoms with Gasteiger partial charge in [-0.15, -0.1) is 11.3 Å². The highest BCUT2D eigenvalue weighted by Gasteiger charge is 2.09. The average Bonchev–Trinajstić information content (AvgIpc) is 3.12. The Morgan fingerprint density at radius 1 is 1.30 bits per heavy atom. The molecule has 104 valence electrons. The van der Waals surface area contributed by atoms with Crippen molar-refractivity contribution in [1.82, 2.24) is 19.5 Å². The molecule has 0 spiro atoms. The third-order valence-electron chi connectivity index (χ3n) is 3.24. The molecule has 0 bridgehead atoms. The van der Waals surface area contributed by atoms with Crippen LogP contribution in [0.3, 0.4) is 0 Å². The molecule has 5 nitrogen and oxygen atoms in total. The van der Waals surface area contributed by atoms with E-state index in [4.69, 9.17) is 0 Å². The molecule has 3 rings (SSSR count). The first-order chi connectivity index (χ1) is 9.81. The Hall–Kier alpha value is -1.95. The molecule has 0 radical (unpaired) electrons. The maximum Gasteiger partial charge on any atom is 0.138 e. The molecule has 0 saturated carbocycles. The van der Waals surface area contributed by atoms with E-state index in [1.807, 2.05) is 12.4 Å². The first kappa shape index (κ1) is 13.1. The minimum atomic E-state index is 0.673. The average molecular weight is 287 g/mol. The number of imidazole rings is 1. The van der Waals surface area contributed by atoms with Crippen molar-refractivity contribution in [3.05, 3.63) is 35.5 Å². The van der Waals surface area contributed by atoms with Crippen LogP contribution in [0.15, 0.2) is 23.8 Å². The molecule has 0 atom stereocenters. The first-order valence-corrected chi connectivity index (χ1v) is 7.67. The second-order valence-corrected chi connectivity index (χ2v) is 5.36. The Kier molecular flexibility index (Phi) is 3.64. The lowest BCUT2D eigenvalue weighted by Gasteiger charge is -2.09. The Balaban J connectivity index is 1.88. The highest BCUT2D eigenvalue weighted by atomic mass is 32.1. The van der Waals surface area contributed by atoms with Crippen molar-refractivity contribution in [2.75, 3.05) is 5.32 Å². The third kappa shape index (κ3) is 2.38. The van der Waals surface area contributed by atoms with Gasteiger partial charge >= 0.3 is 0 Å². The monoisotopic (exact) mass is 287 g/mol. The summed E-state index contributed by atoms with van der Waals surface area (Å²) in [4.78, 5) is 14.5. The van der Waals surface area contributed by atoms with Crippen molar-refractivity contribution < 1.29 is 0 Å². The zero-order valence-corrected chi connectivity index (χ0v) is 12.4. The van der Waals surface area contributed by atoms with E-state index >= 15 is 0 Å². The Bertz CT molecular complexity index is 715. The number of hydrogen-bond acceptors (Lipinski definition) is 5. The number of hydrogen-bond donors (Lipinski definition) is 1. The van der Waals surface area contributed by atoms with Crippen LogP contribution in [0.4, 0.5) is 5.82 Å². The normalized spacial score (nSPS) is 11.1. The summed E-state index contributed by atoms with van der Waals surface area (Å²) in [6.07, 6.45) is 4.67. The molecule has 0 aliphatic heterocycles. The molecule has 0 aromatic carbocycles. The standard InChI is InChI=1S/C14H17N5S/c1-3-11-17-13(10-5-8-20-14(10)18-11)16-9-12-15-6-7-19(12)4-2/h5-8H,3-4,9H2,1-2H3,(H,16,17,18). The van der Waals surface area contributed by atoms with Gasteiger partial charge in [-0.1, -0.05) is 6.92 Å². The van der Waals surface area contributed by atoms with Crippen molar-refractivity contribution in [2.24, 2.45) is 0 Å². The van der Waals surface area contributed by atoms with E-state index in [-0.39, 0.29) is 0 Å². The van der Waals surface area contributed by atoms with Crippen LogP contribution in [0.5, 0.6) is 0 Å². The van der Waals surface area contributed by atoms with Gasteiger partial charge in [0.2, 0.25) is 0 Å². The van der Waals surface area contributed by atoms with Crippen molar-refractivity contribution in [2.45, 2.75) is 33.4 Å². The number of fused-ring (bicyclic) bond motifs is 1. The SMILES string of the molecule is CCc1nc(NCc2nccn2CC)c2ccsc2n1. The molecule has 3 heterocycles. The fourth-order valence-corrected chi connectivity index (χ4v) is 2.93. The van der Waals surface area contributed by atoms with Crippen molar-refractivity contribution >= 4 is 27.4 Å². The van der Waals surface area contributed by atoms with Gasteiger partial charge in [0.25, 0.3) is 0 Å². The summed E-state index contributed by atoms with van der Waals surface area (Å²) in [6.45, 7) is 5.78. The third-order valence-corrected chi connectivity index (χ3v) is 4.05. The number of aryl methyl sites for hydroxylation is 2. The van der Waals surface area contributed by atoms with Gasteiger partial charge < -0.3 is 9.88 Å². The lowest BCUT2D eigenvalue weighted by atomic mass is 10.3. The molecule has 0 aliphatic rings. The molecule has 3 aromatic rings. The largest absolute Gasteiger partial charge is 0.362 e. The van der Waals surface area contributed by atoms with E-state index in [9.17, 15) is 0 Å². The summed E-state index contributed by atoms with van der Waals surface area (Å²) >= 11 is 1.65. The number of aromatic nitrogens is 4. The minimum absolute atomic E-state index is 0.673. The maximum absolute atomic E-state index is 4.59. The number of anilines is 1. The molecule has 0 unspecified atom stereocenters. The lowest BCUT2D eigenvalue weighted by Crippen LogP contribution is -2.09. The fourth-order valence-electron chi connectivity index (χ4n) is 2.15. The smallest absolute Gasteiger partial charge is 0.138 e. The van der Waals surface area contributed by atoms with Gasteiger partial charge in [0.05, 0.1) is 11.9 Å². The summed E-state index contributed by atoms with van der Waals surface area (Å²) in [5.41, 5.74) is 0. The van der Waals surface area contributed by atoms with Gasteiger partial charge in [-0.3, -0.25) is 0 Å². The molecule has 0 fully saturated rings. The highest BCUT2D eigenvalue weighted by Crippen LogP contribution is 2.25. The van der Waals surface area contributed by atoms with E-state index in [1.165, 1.54) is 0 Å². The fraction of sp³-hybridized carbons (Fsp3) is 0.357.